The highest BCUT2D eigenvalue weighted by Gasteiger charge is 2.20. The summed E-state index contributed by atoms with van der Waals surface area (Å²) < 4.78 is 0.908. The average molecular weight is 308 g/mol. The second kappa shape index (κ2) is 5.40. The van der Waals surface area contributed by atoms with Crippen LogP contribution in [0, 0.1) is 11.3 Å². The highest BCUT2D eigenvalue weighted by molar-refractivity contribution is 9.10. The number of halogens is 1. The van der Waals surface area contributed by atoms with Gasteiger partial charge in [0.2, 0.25) is 5.91 Å². The first-order chi connectivity index (χ1) is 8.61. The third kappa shape index (κ3) is 2.65. The molecule has 1 heterocycles. The van der Waals surface area contributed by atoms with Crippen molar-refractivity contribution in [3.05, 3.63) is 28.2 Å². The normalized spacial score (nSPS) is 15.4. The van der Waals surface area contributed by atoms with Gasteiger partial charge in [-0.1, -0.05) is 15.9 Å². The Morgan fingerprint density at radius 2 is 2.00 bits per heavy atom. The molecule has 1 aromatic carbocycles. The van der Waals surface area contributed by atoms with Crippen molar-refractivity contribution in [1.82, 2.24) is 4.90 Å². The summed E-state index contributed by atoms with van der Waals surface area (Å²) in [4.78, 5) is 15.3. The number of nitriles is 1. The molecule has 1 fully saturated rings. The quantitative estimate of drug-likeness (QED) is 0.797. The van der Waals surface area contributed by atoms with E-state index in [0.717, 1.165) is 36.3 Å². The van der Waals surface area contributed by atoms with Gasteiger partial charge in [-0.15, -0.1) is 0 Å². The van der Waals surface area contributed by atoms with Crippen LogP contribution in [0.25, 0.3) is 0 Å². The fraction of sp³-hybridized carbons (Fsp3) is 0.385. The third-order valence-electron chi connectivity index (χ3n) is 3.14. The Labute approximate surface area is 115 Å². The lowest BCUT2D eigenvalue weighted by Gasteiger charge is -2.36. The van der Waals surface area contributed by atoms with E-state index in [-0.39, 0.29) is 5.91 Å². The minimum atomic E-state index is 0.117. The lowest BCUT2D eigenvalue weighted by Crippen LogP contribution is -2.48. The first-order valence-electron chi connectivity index (χ1n) is 5.82. The fourth-order valence-corrected chi connectivity index (χ4v) is 2.50. The number of piperazine rings is 1. The summed E-state index contributed by atoms with van der Waals surface area (Å²) in [6.45, 7) is 4.58. The summed E-state index contributed by atoms with van der Waals surface area (Å²) in [5, 5.41) is 9.15. The van der Waals surface area contributed by atoms with Crippen LogP contribution in [0.3, 0.4) is 0 Å². The highest BCUT2D eigenvalue weighted by atomic mass is 79.9. The van der Waals surface area contributed by atoms with E-state index < -0.39 is 0 Å². The summed E-state index contributed by atoms with van der Waals surface area (Å²) in [5.74, 6) is 0.117. The number of anilines is 1. The van der Waals surface area contributed by atoms with Crippen molar-refractivity contribution in [2.75, 3.05) is 31.1 Å². The van der Waals surface area contributed by atoms with Gasteiger partial charge in [0.15, 0.2) is 0 Å². The number of hydrogen-bond donors (Lipinski definition) is 0. The van der Waals surface area contributed by atoms with Gasteiger partial charge in [0.05, 0.1) is 11.3 Å². The second-order valence-corrected chi connectivity index (χ2v) is 5.18. The van der Waals surface area contributed by atoms with E-state index in [1.165, 1.54) is 0 Å². The first kappa shape index (κ1) is 12.9. The van der Waals surface area contributed by atoms with E-state index in [2.05, 4.69) is 26.9 Å². The van der Waals surface area contributed by atoms with Crippen LogP contribution in [0.15, 0.2) is 22.7 Å². The van der Waals surface area contributed by atoms with Gasteiger partial charge in [0.1, 0.15) is 6.07 Å². The number of carbonyl (C=O) groups is 1. The van der Waals surface area contributed by atoms with Crippen molar-refractivity contribution in [3.8, 4) is 6.07 Å². The van der Waals surface area contributed by atoms with Crippen LogP contribution in [0.1, 0.15) is 12.5 Å². The summed E-state index contributed by atoms with van der Waals surface area (Å²) in [6, 6.07) is 7.93. The number of nitrogens with zero attached hydrogens (tertiary/aromatic N) is 3. The zero-order valence-electron chi connectivity index (χ0n) is 10.2. The average Bonchev–Trinajstić information content (AvgIpc) is 2.38. The van der Waals surface area contributed by atoms with E-state index in [0.29, 0.717) is 5.56 Å². The Morgan fingerprint density at radius 1 is 1.33 bits per heavy atom. The first-order valence-corrected chi connectivity index (χ1v) is 6.61. The summed E-state index contributed by atoms with van der Waals surface area (Å²) in [5.41, 5.74) is 1.62. The van der Waals surface area contributed by atoms with Crippen LogP contribution in [-0.4, -0.2) is 37.0 Å². The summed E-state index contributed by atoms with van der Waals surface area (Å²) >= 11 is 3.37. The topological polar surface area (TPSA) is 47.3 Å². The van der Waals surface area contributed by atoms with Gasteiger partial charge >= 0.3 is 0 Å². The van der Waals surface area contributed by atoms with Crippen molar-refractivity contribution in [2.24, 2.45) is 0 Å². The predicted octanol–water partition coefficient (Wildman–Crippen LogP) is 1.99. The van der Waals surface area contributed by atoms with Gasteiger partial charge in [0.25, 0.3) is 0 Å². The molecule has 1 amide bonds. The van der Waals surface area contributed by atoms with Gasteiger partial charge in [-0.3, -0.25) is 4.79 Å². The molecule has 0 aliphatic carbocycles. The van der Waals surface area contributed by atoms with Crippen molar-refractivity contribution in [3.63, 3.8) is 0 Å². The van der Waals surface area contributed by atoms with Crippen LogP contribution >= 0.6 is 15.9 Å². The molecule has 94 valence electrons. The molecule has 1 aliphatic heterocycles. The molecule has 2 rings (SSSR count). The Kier molecular flexibility index (Phi) is 3.87. The summed E-state index contributed by atoms with van der Waals surface area (Å²) in [6.07, 6.45) is 0. The van der Waals surface area contributed by atoms with Gasteiger partial charge in [0, 0.05) is 37.6 Å². The van der Waals surface area contributed by atoms with Gasteiger partial charge in [-0.25, -0.2) is 0 Å². The molecule has 5 heteroatoms. The van der Waals surface area contributed by atoms with Crippen molar-refractivity contribution in [1.29, 1.82) is 5.26 Å². The lowest BCUT2D eigenvalue weighted by atomic mass is 10.1. The molecule has 0 saturated carbocycles. The minimum Gasteiger partial charge on any atom is -0.367 e. The van der Waals surface area contributed by atoms with Gasteiger partial charge in [-0.2, -0.15) is 5.26 Å². The highest BCUT2D eigenvalue weighted by Crippen LogP contribution is 2.25. The molecule has 1 saturated heterocycles. The predicted molar refractivity (Wildman–Crippen MR) is 73.3 cm³/mol. The van der Waals surface area contributed by atoms with E-state index in [4.69, 9.17) is 5.26 Å². The third-order valence-corrected chi connectivity index (χ3v) is 3.64. The van der Waals surface area contributed by atoms with Gasteiger partial charge < -0.3 is 9.80 Å². The number of rotatable bonds is 1. The molecule has 1 aromatic rings. The fourth-order valence-electron chi connectivity index (χ4n) is 2.14. The molecular weight excluding hydrogens is 294 g/mol. The minimum absolute atomic E-state index is 0.117. The molecule has 1 aliphatic rings. The maximum atomic E-state index is 11.3. The van der Waals surface area contributed by atoms with Crippen LogP contribution in [0.4, 0.5) is 5.69 Å². The molecule has 0 aromatic heterocycles. The number of amides is 1. The van der Waals surface area contributed by atoms with Gasteiger partial charge in [-0.05, 0) is 18.2 Å². The number of carbonyl (C=O) groups excluding carboxylic acids is 1. The van der Waals surface area contributed by atoms with Crippen LogP contribution in [0.2, 0.25) is 0 Å². The number of hydrogen-bond acceptors (Lipinski definition) is 3. The Bertz CT molecular complexity index is 501. The molecule has 4 nitrogen and oxygen atoms in total. The van der Waals surface area contributed by atoms with E-state index in [1.807, 2.05) is 23.1 Å². The van der Waals surface area contributed by atoms with E-state index >= 15 is 0 Å². The van der Waals surface area contributed by atoms with Crippen molar-refractivity contribution in [2.45, 2.75) is 6.92 Å². The molecule has 0 unspecified atom stereocenters. The standard InChI is InChI=1S/C13H14BrN3O/c1-10(18)16-4-6-17(7-5-16)13-3-2-12(14)8-11(13)9-15/h2-3,8H,4-7H2,1H3. The Morgan fingerprint density at radius 3 is 2.56 bits per heavy atom. The lowest BCUT2D eigenvalue weighted by molar-refractivity contribution is -0.129. The van der Waals surface area contributed by atoms with Crippen LogP contribution < -0.4 is 4.90 Å². The van der Waals surface area contributed by atoms with Crippen LogP contribution in [-0.2, 0) is 4.79 Å². The smallest absolute Gasteiger partial charge is 0.219 e. The van der Waals surface area contributed by atoms with Crippen molar-refractivity contribution < 1.29 is 4.79 Å². The molecule has 0 N–H and O–H groups in total. The molecular formula is C13H14BrN3O. The van der Waals surface area contributed by atoms with E-state index in [9.17, 15) is 4.79 Å². The second-order valence-electron chi connectivity index (χ2n) is 4.27. The SMILES string of the molecule is CC(=O)N1CCN(c2ccc(Br)cc2C#N)CC1. The van der Waals surface area contributed by atoms with Crippen molar-refractivity contribution >= 4 is 27.5 Å². The molecule has 0 atom stereocenters. The Hall–Kier alpha value is -1.54. The van der Waals surface area contributed by atoms with E-state index in [1.54, 1.807) is 6.92 Å². The monoisotopic (exact) mass is 307 g/mol. The maximum absolute atomic E-state index is 11.3. The molecule has 18 heavy (non-hydrogen) atoms. The molecule has 0 bridgehead atoms. The molecule has 0 spiro atoms. The number of benzene rings is 1. The maximum Gasteiger partial charge on any atom is 0.219 e. The molecule has 0 radical (unpaired) electrons. The largest absolute Gasteiger partial charge is 0.367 e. The zero-order valence-corrected chi connectivity index (χ0v) is 11.8. The Balaban J connectivity index is 2.15. The summed E-state index contributed by atoms with van der Waals surface area (Å²) in [7, 11) is 0. The zero-order chi connectivity index (χ0) is 13.1. The van der Waals surface area contributed by atoms with Crippen LogP contribution in [0.5, 0.6) is 0 Å².